The third-order valence-electron chi connectivity index (χ3n) is 5.47. The van der Waals surface area contributed by atoms with Gasteiger partial charge in [0.2, 0.25) is 0 Å². The molecule has 6 nitrogen and oxygen atoms in total. The predicted octanol–water partition coefficient (Wildman–Crippen LogP) is 2.61. The van der Waals surface area contributed by atoms with Crippen LogP contribution in [0.2, 0.25) is 0 Å². The summed E-state index contributed by atoms with van der Waals surface area (Å²) < 4.78 is 1.90. The van der Waals surface area contributed by atoms with E-state index in [9.17, 15) is 14.7 Å². The van der Waals surface area contributed by atoms with Crippen molar-refractivity contribution in [3.63, 3.8) is 0 Å². The molecule has 1 amide bonds. The van der Waals surface area contributed by atoms with Crippen LogP contribution in [0.3, 0.4) is 0 Å². The van der Waals surface area contributed by atoms with Crippen molar-refractivity contribution in [2.45, 2.75) is 39.0 Å². The number of likely N-dealkylation sites (tertiary alicyclic amines) is 1. The second-order valence-corrected chi connectivity index (χ2v) is 7.30. The summed E-state index contributed by atoms with van der Waals surface area (Å²) in [6, 6.07) is 8.14. The summed E-state index contributed by atoms with van der Waals surface area (Å²) in [6.07, 6.45) is 4.16. The Morgan fingerprint density at radius 2 is 1.92 bits per heavy atom. The number of benzene rings is 1. The van der Waals surface area contributed by atoms with Crippen molar-refractivity contribution in [2.75, 3.05) is 13.1 Å². The first-order chi connectivity index (χ1) is 12.5. The zero-order valence-corrected chi connectivity index (χ0v) is 14.9. The molecular formula is C20H23N3O3. The van der Waals surface area contributed by atoms with Crippen molar-refractivity contribution in [2.24, 2.45) is 5.92 Å². The van der Waals surface area contributed by atoms with Gasteiger partial charge in [-0.25, -0.2) is 4.68 Å². The number of amides is 1. The van der Waals surface area contributed by atoms with Gasteiger partial charge in [-0.3, -0.25) is 9.59 Å². The molecule has 1 fully saturated rings. The van der Waals surface area contributed by atoms with Crippen LogP contribution in [-0.4, -0.2) is 44.8 Å². The van der Waals surface area contributed by atoms with Crippen LogP contribution < -0.4 is 0 Å². The molecule has 0 spiro atoms. The minimum Gasteiger partial charge on any atom is -0.481 e. The van der Waals surface area contributed by atoms with Gasteiger partial charge in [-0.2, -0.15) is 5.10 Å². The molecule has 1 aromatic carbocycles. The van der Waals surface area contributed by atoms with Gasteiger partial charge in [0.1, 0.15) is 0 Å². The van der Waals surface area contributed by atoms with E-state index in [-0.39, 0.29) is 12.5 Å². The summed E-state index contributed by atoms with van der Waals surface area (Å²) in [5.74, 6) is -1.42. The van der Waals surface area contributed by atoms with Crippen molar-refractivity contribution in [3.8, 4) is 5.69 Å². The summed E-state index contributed by atoms with van der Waals surface area (Å²) in [5.41, 5.74) is 4.80. The van der Waals surface area contributed by atoms with Crippen LogP contribution in [0.25, 0.3) is 5.69 Å². The quantitative estimate of drug-likeness (QED) is 0.920. The monoisotopic (exact) mass is 353 g/mol. The van der Waals surface area contributed by atoms with Gasteiger partial charge < -0.3 is 10.0 Å². The van der Waals surface area contributed by atoms with E-state index in [2.05, 4.69) is 5.10 Å². The highest BCUT2D eigenvalue weighted by molar-refractivity contribution is 5.94. The molecule has 0 bridgehead atoms. The normalized spacial score (nSPS) is 19.4. The fourth-order valence-electron chi connectivity index (χ4n) is 4.02. The highest BCUT2D eigenvalue weighted by Gasteiger charge is 2.33. The first-order valence-electron chi connectivity index (χ1n) is 9.24. The molecule has 1 aliphatic heterocycles. The van der Waals surface area contributed by atoms with E-state index in [0.717, 1.165) is 42.6 Å². The fraction of sp³-hybridized carbons (Fsp3) is 0.450. The number of carbonyl (C=O) groups excluding carboxylic acids is 1. The second kappa shape index (κ2) is 6.59. The fourth-order valence-corrected chi connectivity index (χ4v) is 4.02. The van der Waals surface area contributed by atoms with Gasteiger partial charge in [0, 0.05) is 24.3 Å². The van der Waals surface area contributed by atoms with Crippen molar-refractivity contribution in [3.05, 3.63) is 46.8 Å². The average Bonchev–Trinajstić information content (AvgIpc) is 3.25. The maximum absolute atomic E-state index is 13.1. The van der Waals surface area contributed by atoms with Crippen LogP contribution >= 0.6 is 0 Å². The minimum absolute atomic E-state index is 0.125. The Labute approximate surface area is 152 Å². The van der Waals surface area contributed by atoms with E-state index in [4.69, 9.17) is 0 Å². The smallest absolute Gasteiger partial charge is 0.308 e. The molecular weight excluding hydrogens is 330 g/mol. The number of aromatic nitrogens is 2. The highest BCUT2D eigenvalue weighted by Crippen LogP contribution is 2.29. The first kappa shape index (κ1) is 16.8. The van der Waals surface area contributed by atoms with Crippen LogP contribution in [-0.2, 0) is 17.6 Å². The van der Waals surface area contributed by atoms with Crippen LogP contribution in [0.15, 0.2) is 24.3 Å². The molecule has 4 rings (SSSR count). The zero-order valence-electron chi connectivity index (χ0n) is 14.9. The van der Waals surface area contributed by atoms with Gasteiger partial charge in [-0.1, -0.05) is 17.7 Å². The molecule has 1 aliphatic carbocycles. The first-order valence-corrected chi connectivity index (χ1v) is 9.24. The lowest BCUT2D eigenvalue weighted by Gasteiger charge is -2.30. The van der Waals surface area contributed by atoms with Gasteiger partial charge in [-0.05, 0) is 51.2 Å². The molecule has 136 valence electrons. The summed E-state index contributed by atoms with van der Waals surface area (Å²) >= 11 is 0. The van der Waals surface area contributed by atoms with Crippen LogP contribution in [0.5, 0.6) is 0 Å². The average molecular weight is 353 g/mol. The number of piperidine rings is 1. The van der Waals surface area contributed by atoms with Crippen LogP contribution in [0.1, 0.15) is 46.6 Å². The molecule has 1 saturated heterocycles. The summed E-state index contributed by atoms with van der Waals surface area (Å²) in [6.45, 7) is 2.93. The Hall–Kier alpha value is -2.63. The zero-order chi connectivity index (χ0) is 18.3. The van der Waals surface area contributed by atoms with Gasteiger partial charge in [0.15, 0.2) is 5.69 Å². The van der Waals surface area contributed by atoms with Gasteiger partial charge in [0.25, 0.3) is 5.91 Å². The van der Waals surface area contributed by atoms with E-state index in [1.165, 1.54) is 5.56 Å². The maximum atomic E-state index is 13.1. The van der Waals surface area contributed by atoms with Gasteiger partial charge >= 0.3 is 5.97 Å². The lowest BCUT2D eigenvalue weighted by Crippen LogP contribution is -2.42. The van der Waals surface area contributed by atoms with Crippen LogP contribution in [0.4, 0.5) is 0 Å². The van der Waals surface area contributed by atoms with Crippen molar-refractivity contribution >= 4 is 11.9 Å². The largest absolute Gasteiger partial charge is 0.481 e. The Morgan fingerprint density at radius 1 is 1.15 bits per heavy atom. The molecule has 26 heavy (non-hydrogen) atoms. The summed E-state index contributed by atoms with van der Waals surface area (Å²) in [4.78, 5) is 26.1. The number of carbonyl (C=O) groups is 2. The third kappa shape index (κ3) is 2.89. The van der Waals surface area contributed by atoms with Crippen LogP contribution in [0, 0.1) is 12.8 Å². The molecule has 1 atom stereocenters. The Morgan fingerprint density at radius 3 is 2.65 bits per heavy atom. The number of carboxylic acid groups (broad SMARTS) is 1. The standard InChI is InChI=1S/C20H23N3O3/c1-13-7-9-15(10-8-13)23-17-6-2-5-16(17)18(21-23)19(24)22-11-3-4-14(12-22)20(25)26/h7-10,14H,2-6,11-12H2,1H3,(H,25,26)/t14-/m0/s1. The second-order valence-electron chi connectivity index (χ2n) is 7.30. The molecule has 0 saturated carbocycles. The summed E-state index contributed by atoms with van der Waals surface area (Å²) in [5, 5.41) is 13.9. The number of carboxylic acids is 1. The number of aliphatic carboxylic acids is 1. The molecule has 2 heterocycles. The van der Waals surface area contributed by atoms with E-state index in [1.807, 2.05) is 35.9 Å². The van der Waals surface area contributed by atoms with Crippen molar-refractivity contribution < 1.29 is 14.7 Å². The summed E-state index contributed by atoms with van der Waals surface area (Å²) in [7, 11) is 0. The molecule has 1 aromatic heterocycles. The van der Waals surface area contributed by atoms with Crippen molar-refractivity contribution in [1.29, 1.82) is 0 Å². The molecule has 1 N–H and O–H groups in total. The highest BCUT2D eigenvalue weighted by atomic mass is 16.4. The van der Waals surface area contributed by atoms with Gasteiger partial charge in [-0.15, -0.1) is 0 Å². The molecule has 0 radical (unpaired) electrons. The number of hydrogen-bond acceptors (Lipinski definition) is 3. The third-order valence-corrected chi connectivity index (χ3v) is 5.47. The number of hydrogen-bond donors (Lipinski definition) is 1. The van der Waals surface area contributed by atoms with E-state index >= 15 is 0 Å². The lowest BCUT2D eigenvalue weighted by atomic mass is 9.98. The Balaban J connectivity index is 1.67. The topological polar surface area (TPSA) is 75.4 Å². The molecule has 0 unspecified atom stereocenters. The van der Waals surface area contributed by atoms with E-state index in [1.54, 1.807) is 4.90 Å². The number of aryl methyl sites for hydroxylation is 1. The molecule has 2 aliphatic rings. The SMILES string of the molecule is Cc1ccc(-n2nc(C(=O)N3CCC[C@H](C(=O)O)C3)c3c2CCC3)cc1. The van der Waals surface area contributed by atoms with E-state index in [0.29, 0.717) is 18.7 Å². The maximum Gasteiger partial charge on any atom is 0.308 e. The van der Waals surface area contributed by atoms with E-state index < -0.39 is 11.9 Å². The number of fused-ring (bicyclic) bond motifs is 1. The number of nitrogens with zero attached hydrogens (tertiary/aromatic N) is 3. The molecule has 6 heteroatoms. The predicted molar refractivity (Wildman–Crippen MR) is 96.6 cm³/mol. The minimum atomic E-state index is -0.821. The molecule has 2 aromatic rings. The number of rotatable bonds is 3. The van der Waals surface area contributed by atoms with Crippen molar-refractivity contribution in [1.82, 2.24) is 14.7 Å². The Kier molecular flexibility index (Phi) is 4.26. The Bertz CT molecular complexity index is 854. The lowest BCUT2D eigenvalue weighted by molar-refractivity contribution is -0.143. The van der Waals surface area contributed by atoms with Gasteiger partial charge in [0.05, 0.1) is 11.6 Å².